The molecule has 10 rings (SSSR count). The van der Waals surface area contributed by atoms with Gasteiger partial charge in [0, 0.05) is 21.9 Å². The Morgan fingerprint density at radius 3 is 1.66 bits per heavy atom. The van der Waals surface area contributed by atoms with E-state index in [1.54, 1.807) is 43.3 Å². The maximum atomic E-state index is 15.4. The fraction of sp³-hybridized carbons (Fsp3) is 0.0385. The number of aromatic nitrogens is 1. The van der Waals surface area contributed by atoms with E-state index in [1.807, 2.05) is 138 Å². The normalized spacial score (nSPS) is 12.8. The average molecular weight is 775 g/mol. The molecule has 0 saturated carbocycles. The van der Waals surface area contributed by atoms with E-state index < -0.39 is 23.6 Å². The minimum atomic E-state index is -4.59. The predicted octanol–water partition coefficient (Wildman–Crippen LogP) is 13.6. The molecule has 0 N–H and O–H groups in total. The largest absolute Gasteiger partial charge is 0.417 e. The first-order valence-corrected chi connectivity index (χ1v) is 19.3. The smallest absolute Gasteiger partial charge is 0.308 e. The summed E-state index contributed by atoms with van der Waals surface area (Å²) in [5, 5.41) is 1.32. The lowest BCUT2D eigenvalue weighted by Crippen LogP contribution is -2.30. The van der Waals surface area contributed by atoms with Gasteiger partial charge in [-0.3, -0.25) is 9.59 Å². The monoisotopic (exact) mass is 774 g/mol. The standard InChI is InChI=1S/C52H33F3N2O2/c1-32-27-28-37(43(29-32)52(53,54)55)38-22-13-25-45-47(38)39-21-11-12-24-44(39)56(45)46-26-14-23-40-48(46)51(59)57(50(40)58)49-41(34-17-7-3-8-18-34)30-36(33-15-5-2-6-16-33)31-42(49)35-19-9-4-10-20-35/h2-31H,1H3. The van der Waals surface area contributed by atoms with Crippen molar-refractivity contribution >= 4 is 39.3 Å². The lowest BCUT2D eigenvalue weighted by Gasteiger charge is -2.24. The van der Waals surface area contributed by atoms with Crippen molar-refractivity contribution in [3.05, 3.63) is 204 Å². The molecular formula is C52H33F3N2O2. The van der Waals surface area contributed by atoms with E-state index in [4.69, 9.17) is 0 Å². The van der Waals surface area contributed by atoms with E-state index in [0.717, 1.165) is 22.3 Å². The Morgan fingerprint density at radius 1 is 0.458 bits per heavy atom. The summed E-state index contributed by atoms with van der Waals surface area (Å²) in [6.07, 6.45) is -4.59. The summed E-state index contributed by atoms with van der Waals surface area (Å²) < 4.78 is 45.7. The van der Waals surface area contributed by atoms with Gasteiger partial charge in [-0.05, 0) is 82.8 Å². The van der Waals surface area contributed by atoms with Gasteiger partial charge in [0.05, 0.1) is 39.1 Å². The molecule has 0 fully saturated rings. The van der Waals surface area contributed by atoms with Gasteiger partial charge in [-0.1, -0.05) is 145 Å². The molecule has 0 spiro atoms. The fourth-order valence-electron chi connectivity index (χ4n) is 8.64. The quantitative estimate of drug-likeness (QED) is 0.158. The number of carbonyl (C=O) groups excluding carboxylic acids is 2. The van der Waals surface area contributed by atoms with Crippen molar-refractivity contribution < 1.29 is 22.8 Å². The van der Waals surface area contributed by atoms with Gasteiger partial charge in [0.15, 0.2) is 0 Å². The van der Waals surface area contributed by atoms with Gasteiger partial charge in [-0.15, -0.1) is 0 Å². The van der Waals surface area contributed by atoms with Crippen LogP contribution >= 0.6 is 0 Å². The highest BCUT2D eigenvalue weighted by Crippen LogP contribution is 2.48. The lowest BCUT2D eigenvalue weighted by molar-refractivity contribution is -0.137. The third-order valence-corrected chi connectivity index (χ3v) is 11.2. The van der Waals surface area contributed by atoms with Crippen molar-refractivity contribution in [1.82, 2.24) is 4.57 Å². The molecule has 4 nitrogen and oxygen atoms in total. The van der Waals surface area contributed by atoms with Crippen molar-refractivity contribution in [1.29, 1.82) is 0 Å². The Hall–Kier alpha value is -7.51. The van der Waals surface area contributed by atoms with Crippen LogP contribution in [0.5, 0.6) is 0 Å². The van der Waals surface area contributed by atoms with Gasteiger partial charge in [0.1, 0.15) is 0 Å². The first kappa shape index (κ1) is 35.9. The van der Waals surface area contributed by atoms with Crippen LogP contribution in [-0.4, -0.2) is 16.4 Å². The van der Waals surface area contributed by atoms with E-state index in [9.17, 15) is 18.0 Å². The molecule has 0 saturated heterocycles. The zero-order valence-electron chi connectivity index (χ0n) is 31.7. The molecule has 7 heteroatoms. The zero-order valence-corrected chi connectivity index (χ0v) is 31.7. The zero-order chi connectivity index (χ0) is 40.4. The number of carbonyl (C=O) groups is 2. The highest BCUT2D eigenvalue weighted by atomic mass is 19.4. The molecule has 1 aromatic heterocycles. The van der Waals surface area contributed by atoms with Gasteiger partial charge in [-0.2, -0.15) is 13.2 Å². The number of imide groups is 1. The van der Waals surface area contributed by atoms with E-state index in [2.05, 4.69) is 0 Å². The maximum absolute atomic E-state index is 15.4. The van der Waals surface area contributed by atoms with Crippen LogP contribution in [0.15, 0.2) is 182 Å². The summed E-state index contributed by atoms with van der Waals surface area (Å²) in [7, 11) is 0. The Kier molecular flexibility index (Phi) is 8.42. The van der Waals surface area contributed by atoms with Crippen molar-refractivity contribution in [3.8, 4) is 50.2 Å². The maximum Gasteiger partial charge on any atom is 0.417 e. The van der Waals surface area contributed by atoms with Gasteiger partial charge in [0.25, 0.3) is 11.8 Å². The lowest BCUT2D eigenvalue weighted by atomic mass is 9.90. The Morgan fingerprint density at radius 2 is 1.02 bits per heavy atom. The minimum Gasteiger partial charge on any atom is -0.308 e. The molecule has 0 atom stereocenters. The second-order valence-electron chi connectivity index (χ2n) is 14.8. The highest BCUT2D eigenvalue weighted by Gasteiger charge is 2.42. The summed E-state index contributed by atoms with van der Waals surface area (Å²) in [5.74, 6) is -0.966. The van der Waals surface area contributed by atoms with Crippen molar-refractivity contribution in [3.63, 3.8) is 0 Å². The number of aryl methyl sites for hydroxylation is 1. The van der Waals surface area contributed by atoms with E-state index in [-0.39, 0.29) is 16.7 Å². The summed E-state index contributed by atoms with van der Waals surface area (Å²) in [6, 6.07) is 55.9. The highest BCUT2D eigenvalue weighted by molar-refractivity contribution is 6.37. The summed E-state index contributed by atoms with van der Waals surface area (Å²) >= 11 is 0. The van der Waals surface area contributed by atoms with Crippen LogP contribution in [0.25, 0.3) is 72.0 Å². The Bertz CT molecular complexity index is 3070. The summed E-state index contributed by atoms with van der Waals surface area (Å²) in [5.41, 5.74) is 7.90. The minimum absolute atomic E-state index is 0.0631. The number of amides is 2. The molecular weight excluding hydrogens is 742 g/mol. The molecule has 284 valence electrons. The van der Waals surface area contributed by atoms with E-state index in [0.29, 0.717) is 55.4 Å². The van der Waals surface area contributed by atoms with Crippen LogP contribution in [0, 0.1) is 6.92 Å². The number of nitrogens with zero attached hydrogens (tertiary/aromatic N) is 2. The first-order chi connectivity index (χ1) is 28.7. The third-order valence-electron chi connectivity index (χ3n) is 11.2. The Balaban J connectivity index is 1.22. The molecule has 0 bridgehead atoms. The molecule has 0 aliphatic carbocycles. The molecule has 2 heterocycles. The van der Waals surface area contributed by atoms with Crippen LogP contribution in [0.2, 0.25) is 0 Å². The SMILES string of the molecule is Cc1ccc(-c2cccc3c2c2ccccc2n3-c2cccc3c2C(=O)N(c2c(-c4ccccc4)cc(-c4ccccc4)cc2-c2ccccc2)C3=O)c(C(F)(F)F)c1. The molecule has 1 aliphatic heterocycles. The predicted molar refractivity (Wildman–Crippen MR) is 230 cm³/mol. The Labute approximate surface area is 338 Å². The topological polar surface area (TPSA) is 42.3 Å². The van der Waals surface area contributed by atoms with Crippen molar-refractivity contribution in [2.45, 2.75) is 13.1 Å². The first-order valence-electron chi connectivity index (χ1n) is 19.3. The second kappa shape index (κ2) is 13.9. The van der Waals surface area contributed by atoms with Crippen LogP contribution in [-0.2, 0) is 6.18 Å². The number of anilines is 1. The molecule has 1 aliphatic rings. The van der Waals surface area contributed by atoms with Gasteiger partial charge < -0.3 is 4.57 Å². The summed E-state index contributed by atoms with van der Waals surface area (Å²) in [6.45, 7) is 1.65. The molecule has 0 unspecified atom stereocenters. The third kappa shape index (κ3) is 5.85. The number of rotatable bonds is 6. The van der Waals surface area contributed by atoms with Gasteiger partial charge >= 0.3 is 6.18 Å². The molecule has 9 aromatic rings. The van der Waals surface area contributed by atoms with Crippen LogP contribution < -0.4 is 4.90 Å². The van der Waals surface area contributed by atoms with Crippen LogP contribution in [0.1, 0.15) is 31.8 Å². The number of hydrogen-bond acceptors (Lipinski definition) is 2. The number of fused-ring (bicyclic) bond motifs is 4. The van der Waals surface area contributed by atoms with Gasteiger partial charge in [-0.25, -0.2) is 4.90 Å². The van der Waals surface area contributed by atoms with Gasteiger partial charge in [0.2, 0.25) is 0 Å². The number of alkyl halides is 3. The summed E-state index contributed by atoms with van der Waals surface area (Å²) in [4.78, 5) is 31.6. The average Bonchev–Trinajstić information content (AvgIpc) is 3.74. The van der Waals surface area contributed by atoms with Crippen molar-refractivity contribution in [2.75, 3.05) is 4.90 Å². The molecule has 0 radical (unpaired) electrons. The molecule has 59 heavy (non-hydrogen) atoms. The van der Waals surface area contributed by atoms with Crippen LogP contribution in [0.4, 0.5) is 18.9 Å². The van der Waals surface area contributed by atoms with E-state index >= 15 is 4.79 Å². The van der Waals surface area contributed by atoms with Crippen LogP contribution in [0.3, 0.4) is 0 Å². The van der Waals surface area contributed by atoms with Crippen molar-refractivity contribution in [2.24, 2.45) is 0 Å². The number of para-hydroxylation sites is 1. The molecule has 2 amide bonds. The number of hydrogen-bond donors (Lipinski definition) is 0. The fourth-order valence-corrected chi connectivity index (χ4v) is 8.64. The number of halogens is 3. The number of benzene rings is 8. The molecule has 8 aromatic carbocycles. The second-order valence-corrected chi connectivity index (χ2v) is 14.8. The van der Waals surface area contributed by atoms with E-state index in [1.165, 1.54) is 17.0 Å².